The third-order valence-electron chi connectivity index (χ3n) is 5.08. The molecule has 0 unspecified atom stereocenters. The van der Waals surface area contributed by atoms with E-state index in [0.29, 0.717) is 13.1 Å². The van der Waals surface area contributed by atoms with Gasteiger partial charge in [-0.1, -0.05) is 31.2 Å². The summed E-state index contributed by atoms with van der Waals surface area (Å²) in [6.45, 7) is 2.45. The van der Waals surface area contributed by atoms with Gasteiger partial charge in [-0.15, -0.1) is 0 Å². The first-order valence-corrected chi connectivity index (χ1v) is 11.1. The van der Waals surface area contributed by atoms with Crippen LogP contribution in [0.1, 0.15) is 25.3 Å². The molecule has 2 aromatic rings. The van der Waals surface area contributed by atoms with Gasteiger partial charge in [-0.2, -0.15) is 13.2 Å². The van der Waals surface area contributed by atoms with Crippen LogP contribution < -0.4 is 4.31 Å². The quantitative estimate of drug-likeness (QED) is 0.702. The van der Waals surface area contributed by atoms with E-state index in [1.54, 1.807) is 11.0 Å². The molecule has 0 radical (unpaired) electrons. The first-order chi connectivity index (χ1) is 14.1. The van der Waals surface area contributed by atoms with Crippen molar-refractivity contribution in [3.05, 3.63) is 60.2 Å². The minimum absolute atomic E-state index is 0.0952. The molecule has 0 bridgehead atoms. The molecular weight excluding hydrogens is 417 g/mol. The number of hydrogen-bond donors (Lipinski definition) is 0. The molecule has 30 heavy (non-hydrogen) atoms. The van der Waals surface area contributed by atoms with E-state index >= 15 is 0 Å². The molecule has 9 heteroatoms. The highest BCUT2D eigenvalue weighted by Crippen LogP contribution is 2.33. The fourth-order valence-corrected chi connectivity index (χ4v) is 4.94. The standard InChI is InChI=1S/C21H23F3N2O3S/c1-16-7-6-12-25(14-16)20(27)15-26(30(28,29)19-10-3-2-4-11-19)18-9-5-8-17(13-18)21(22,23)24/h2-5,8-11,13,16H,6-7,12,14-15H2,1H3/t16-/m1/s1. The van der Waals surface area contributed by atoms with Gasteiger partial charge < -0.3 is 4.90 Å². The van der Waals surface area contributed by atoms with Crippen LogP contribution in [0.4, 0.5) is 18.9 Å². The van der Waals surface area contributed by atoms with Crippen molar-refractivity contribution >= 4 is 21.6 Å². The number of carbonyl (C=O) groups is 1. The van der Waals surface area contributed by atoms with Gasteiger partial charge in [0.05, 0.1) is 16.1 Å². The Kier molecular flexibility index (Phi) is 6.40. The molecule has 1 aliphatic heterocycles. The number of piperidine rings is 1. The number of amides is 1. The van der Waals surface area contributed by atoms with Crippen LogP contribution in [0, 0.1) is 5.92 Å². The van der Waals surface area contributed by atoms with Gasteiger partial charge in [0, 0.05) is 13.1 Å². The van der Waals surface area contributed by atoms with Crippen molar-refractivity contribution in [2.45, 2.75) is 30.8 Å². The fourth-order valence-electron chi connectivity index (χ4n) is 3.51. The second kappa shape index (κ2) is 8.67. The molecule has 1 amide bonds. The minimum atomic E-state index is -4.63. The molecule has 1 aliphatic rings. The maximum atomic E-state index is 13.3. The number of hydrogen-bond acceptors (Lipinski definition) is 3. The molecule has 0 saturated carbocycles. The summed E-state index contributed by atoms with van der Waals surface area (Å²) in [6, 6.07) is 11.4. The second-order valence-corrected chi connectivity index (χ2v) is 9.32. The van der Waals surface area contributed by atoms with Crippen molar-refractivity contribution in [2.75, 3.05) is 23.9 Å². The van der Waals surface area contributed by atoms with Crippen LogP contribution in [-0.4, -0.2) is 38.9 Å². The number of likely N-dealkylation sites (tertiary alicyclic amines) is 1. The van der Waals surface area contributed by atoms with Gasteiger partial charge in [0.15, 0.2) is 0 Å². The first kappa shape index (κ1) is 22.1. The number of rotatable bonds is 5. The molecule has 0 aromatic heterocycles. The molecule has 162 valence electrons. The summed E-state index contributed by atoms with van der Waals surface area (Å²) in [7, 11) is -4.25. The second-order valence-electron chi connectivity index (χ2n) is 7.46. The van der Waals surface area contributed by atoms with Crippen LogP contribution in [0.3, 0.4) is 0 Å². The van der Waals surface area contributed by atoms with E-state index in [1.165, 1.54) is 30.3 Å². The molecule has 0 N–H and O–H groups in total. The summed E-state index contributed by atoms with van der Waals surface area (Å²) in [5, 5.41) is 0. The Hall–Kier alpha value is -2.55. The van der Waals surface area contributed by atoms with E-state index in [4.69, 9.17) is 0 Å². The monoisotopic (exact) mass is 440 g/mol. The largest absolute Gasteiger partial charge is 0.416 e. The lowest BCUT2D eigenvalue weighted by Crippen LogP contribution is -2.46. The van der Waals surface area contributed by atoms with Crippen molar-refractivity contribution in [3.8, 4) is 0 Å². The summed E-state index contributed by atoms with van der Waals surface area (Å²) in [4.78, 5) is 14.4. The number of nitrogens with zero attached hydrogens (tertiary/aromatic N) is 2. The lowest BCUT2D eigenvalue weighted by atomic mass is 10.0. The van der Waals surface area contributed by atoms with Gasteiger partial charge in [-0.3, -0.25) is 9.10 Å². The van der Waals surface area contributed by atoms with E-state index < -0.39 is 34.2 Å². The Morgan fingerprint density at radius 3 is 2.47 bits per heavy atom. The maximum absolute atomic E-state index is 13.3. The summed E-state index contributed by atoms with van der Waals surface area (Å²) < 4.78 is 66.9. The zero-order valence-corrected chi connectivity index (χ0v) is 17.3. The Bertz CT molecular complexity index is 994. The van der Waals surface area contributed by atoms with Crippen molar-refractivity contribution < 1.29 is 26.4 Å². The van der Waals surface area contributed by atoms with Crippen LogP contribution in [-0.2, 0) is 21.0 Å². The van der Waals surface area contributed by atoms with Crippen LogP contribution in [0.25, 0.3) is 0 Å². The fraction of sp³-hybridized carbons (Fsp3) is 0.381. The van der Waals surface area contributed by atoms with Crippen molar-refractivity contribution in [3.63, 3.8) is 0 Å². The smallest absolute Gasteiger partial charge is 0.341 e. The third kappa shape index (κ3) is 4.95. The minimum Gasteiger partial charge on any atom is -0.341 e. The van der Waals surface area contributed by atoms with E-state index in [1.807, 2.05) is 6.92 Å². The summed E-state index contributed by atoms with van der Waals surface area (Å²) >= 11 is 0. The molecule has 5 nitrogen and oxygen atoms in total. The Labute approximate surface area is 174 Å². The van der Waals surface area contributed by atoms with E-state index in [-0.39, 0.29) is 16.5 Å². The highest BCUT2D eigenvalue weighted by atomic mass is 32.2. The predicted octanol–water partition coefficient (Wildman–Crippen LogP) is 4.16. The number of benzene rings is 2. The molecule has 0 aliphatic carbocycles. The maximum Gasteiger partial charge on any atom is 0.416 e. The molecule has 1 saturated heterocycles. The molecular formula is C21H23F3N2O3S. The Balaban J connectivity index is 2.00. The van der Waals surface area contributed by atoms with Gasteiger partial charge in [-0.25, -0.2) is 8.42 Å². The third-order valence-corrected chi connectivity index (χ3v) is 6.87. The number of halogens is 3. The van der Waals surface area contributed by atoms with Crippen molar-refractivity contribution in [1.29, 1.82) is 0 Å². The molecule has 1 fully saturated rings. The van der Waals surface area contributed by atoms with Gasteiger partial charge in [-0.05, 0) is 49.1 Å². The highest BCUT2D eigenvalue weighted by Gasteiger charge is 2.34. The average molecular weight is 440 g/mol. The van der Waals surface area contributed by atoms with Gasteiger partial charge in [0.25, 0.3) is 10.0 Å². The lowest BCUT2D eigenvalue weighted by Gasteiger charge is -2.33. The number of anilines is 1. The van der Waals surface area contributed by atoms with Crippen molar-refractivity contribution in [1.82, 2.24) is 4.90 Å². The Morgan fingerprint density at radius 2 is 1.83 bits per heavy atom. The molecule has 3 rings (SSSR count). The normalized spacial score (nSPS) is 17.6. The summed E-state index contributed by atoms with van der Waals surface area (Å²) in [6.07, 6.45) is -2.85. The van der Waals surface area contributed by atoms with Gasteiger partial charge >= 0.3 is 6.18 Å². The van der Waals surface area contributed by atoms with Gasteiger partial charge in [0.1, 0.15) is 6.54 Å². The van der Waals surface area contributed by atoms with Gasteiger partial charge in [0.2, 0.25) is 5.91 Å². The zero-order chi connectivity index (χ0) is 21.9. The number of sulfonamides is 1. The number of alkyl halides is 3. The van der Waals surface area contributed by atoms with E-state index in [9.17, 15) is 26.4 Å². The van der Waals surface area contributed by atoms with Crippen LogP contribution >= 0.6 is 0 Å². The zero-order valence-electron chi connectivity index (χ0n) is 16.5. The molecule has 1 heterocycles. The summed E-state index contributed by atoms with van der Waals surface area (Å²) in [5.74, 6) is -0.145. The van der Waals surface area contributed by atoms with E-state index in [2.05, 4.69) is 0 Å². The molecule has 2 aromatic carbocycles. The SMILES string of the molecule is C[C@@H]1CCCN(C(=O)CN(c2cccc(C(F)(F)F)c2)S(=O)(=O)c2ccccc2)C1. The van der Waals surface area contributed by atoms with Crippen molar-refractivity contribution in [2.24, 2.45) is 5.92 Å². The lowest BCUT2D eigenvalue weighted by molar-refractivity contribution is -0.137. The predicted molar refractivity (Wildman–Crippen MR) is 107 cm³/mol. The highest BCUT2D eigenvalue weighted by molar-refractivity contribution is 7.92. The molecule has 0 spiro atoms. The van der Waals surface area contributed by atoms with Crippen LogP contribution in [0.15, 0.2) is 59.5 Å². The summed E-state index contributed by atoms with van der Waals surface area (Å²) in [5.41, 5.74) is -1.18. The first-order valence-electron chi connectivity index (χ1n) is 9.62. The number of carbonyl (C=O) groups excluding carboxylic acids is 1. The Morgan fingerprint density at radius 1 is 1.13 bits per heavy atom. The topological polar surface area (TPSA) is 57.7 Å². The average Bonchev–Trinajstić information content (AvgIpc) is 2.72. The van der Waals surface area contributed by atoms with E-state index in [0.717, 1.165) is 35.3 Å². The van der Waals surface area contributed by atoms with Crippen LogP contribution in [0.2, 0.25) is 0 Å². The molecule has 1 atom stereocenters. The van der Waals surface area contributed by atoms with Crippen LogP contribution in [0.5, 0.6) is 0 Å².